The monoisotopic (exact) mass is 428 g/mol. The number of amides is 2. The second kappa shape index (κ2) is 11.3. The fourth-order valence-electron chi connectivity index (χ4n) is 3.00. The van der Waals surface area contributed by atoms with E-state index < -0.39 is 17.8 Å². The minimum atomic E-state index is -0.660. The summed E-state index contributed by atoms with van der Waals surface area (Å²) in [5.41, 5.74) is 0.226. The van der Waals surface area contributed by atoms with Gasteiger partial charge in [0.1, 0.15) is 11.6 Å². The minimum Gasteiger partial charge on any atom is -0.465 e. The number of nitrogens with zero attached hydrogens (tertiary/aromatic N) is 2. The van der Waals surface area contributed by atoms with Gasteiger partial charge < -0.3 is 25.0 Å². The number of benzene rings is 1. The number of methoxy groups -OCH3 is 2. The number of nitrogens with one attached hydrogen (secondary N) is 2. The Morgan fingerprint density at radius 3 is 2.58 bits per heavy atom. The molecule has 0 radical (unpaired) electrons. The molecule has 10 nitrogen and oxygen atoms in total. The molecule has 1 aromatic carbocycles. The molecular formula is C21H24N4O6. The van der Waals surface area contributed by atoms with Crippen LogP contribution in [0.1, 0.15) is 40.0 Å². The topological polar surface area (TPSA) is 138 Å². The van der Waals surface area contributed by atoms with Crippen molar-refractivity contribution < 1.29 is 28.7 Å². The molecule has 2 amide bonds. The van der Waals surface area contributed by atoms with Crippen molar-refractivity contribution in [1.29, 1.82) is 5.26 Å². The lowest BCUT2D eigenvalue weighted by atomic mass is 10.1. The van der Waals surface area contributed by atoms with Crippen LogP contribution < -0.4 is 10.6 Å². The van der Waals surface area contributed by atoms with Gasteiger partial charge in [-0.25, -0.2) is 9.59 Å². The van der Waals surface area contributed by atoms with Crippen LogP contribution in [0.25, 0.3) is 0 Å². The van der Waals surface area contributed by atoms with Crippen LogP contribution in [0.2, 0.25) is 0 Å². The van der Waals surface area contributed by atoms with Crippen LogP contribution in [-0.2, 0) is 19.1 Å². The number of ether oxygens (including phenoxy) is 2. The van der Waals surface area contributed by atoms with Gasteiger partial charge in [0.2, 0.25) is 5.91 Å². The molecule has 0 atom stereocenters. The van der Waals surface area contributed by atoms with Crippen molar-refractivity contribution in [2.45, 2.75) is 19.3 Å². The van der Waals surface area contributed by atoms with Gasteiger partial charge in [0, 0.05) is 32.3 Å². The van der Waals surface area contributed by atoms with Crippen LogP contribution in [0.3, 0.4) is 0 Å². The lowest BCUT2D eigenvalue weighted by molar-refractivity contribution is -0.127. The largest absolute Gasteiger partial charge is 0.465 e. The maximum Gasteiger partial charge on any atom is 0.339 e. The quantitative estimate of drug-likeness (QED) is 0.259. The Balaban J connectivity index is 2.04. The average Bonchev–Trinajstić information content (AvgIpc) is 3.20. The van der Waals surface area contributed by atoms with Gasteiger partial charge in [-0.3, -0.25) is 9.59 Å². The molecule has 31 heavy (non-hydrogen) atoms. The van der Waals surface area contributed by atoms with E-state index in [0.717, 1.165) is 19.2 Å². The Labute approximate surface area is 179 Å². The first kappa shape index (κ1) is 23.4. The maximum atomic E-state index is 12.3. The van der Waals surface area contributed by atoms with Crippen LogP contribution in [0.5, 0.6) is 0 Å². The maximum absolute atomic E-state index is 12.3. The minimum absolute atomic E-state index is 0.111. The predicted molar refractivity (Wildman–Crippen MR) is 110 cm³/mol. The first-order chi connectivity index (χ1) is 14.9. The van der Waals surface area contributed by atoms with Gasteiger partial charge in [-0.15, -0.1) is 0 Å². The highest BCUT2D eigenvalue weighted by molar-refractivity contribution is 6.00. The fourth-order valence-corrected chi connectivity index (χ4v) is 3.00. The smallest absolute Gasteiger partial charge is 0.339 e. The third kappa shape index (κ3) is 6.30. The van der Waals surface area contributed by atoms with E-state index in [1.165, 1.54) is 32.4 Å². The van der Waals surface area contributed by atoms with Crippen LogP contribution in [0.15, 0.2) is 30.0 Å². The molecule has 0 aromatic heterocycles. The van der Waals surface area contributed by atoms with Crippen molar-refractivity contribution in [3.8, 4) is 6.07 Å². The van der Waals surface area contributed by atoms with Gasteiger partial charge in [-0.05, 0) is 31.0 Å². The summed E-state index contributed by atoms with van der Waals surface area (Å²) >= 11 is 0. The first-order valence-corrected chi connectivity index (χ1v) is 9.64. The Morgan fingerprint density at radius 1 is 1.23 bits per heavy atom. The van der Waals surface area contributed by atoms with E-state index in [0.29, 0.717) is 25.9 Å². The Bertz CT molecular complexity index is 934. The second-order valence-corrected chi connectivity index (χ2v) is 6.65. The number of carbonyl (C=O) groups is 4. The number of anilines is 1. The van der Waals surface area contributed by atoms with Gasteiger partial charge >= 0.3 is 11.9 Å². The molecule has 10 heteroatoms. The Hall–Kier alpha value is -3.87. The third-order valence-corrected chi connectivity index (χ3v) is 4.64. The van der Waals surface area contributed by atoms with Crippen molar-refractivity contribution in [2.75, 3.05) is 39.2 Å². The van der Waals surface area contributed by atoms with E-state index >= 15 is 0 Å². The third-order valence-electron chi connectivity index (χ3n) is 4.64. The van der Waals surface area contributed by atoms with E-state index in [-0.39, 0.29) is 28.3 Å². The van der Waals surface area contributed by atoms with E-state index in [1.54, 1.807) is 11.0 Å². The summed E-state index contributed by atoms with van der Waals surface area (Å²) in [5.74, 6) is -1.76. The molecule has 0 unspecified atom stereocenters. The number of esters is 2. The van der Waals surface area contributed by atoms with Crippen molar-refractivity contribution >= 4 is 29.4 Å². The van der Waals surface area contributed by atoms with E-state index in [2.05, 4.69) is 15.4 Å². The summed E-state index contributed by atoms with van der Waals surface area (Å²) in [6.07, 6.45) is 3.12. The number of hydrogen-bond donors (Lipinski definition) is 2. The van der Waals surface area contributed by atoms with Crippen molar-refractivity contribution in [2.24, 2.45) is 0 Å². The van der Waals surface area contributed by atoms with Crippen LogP contribution in [0, 0.1) is 11.3 Å². The lowest BCUT2D eigenvalue weighted by Gasteiger charge is -2.15. The molecule has 2 N–H and O–H groups in total. The molecule has 1 fully saturated rings. The zero-order valence-corrected chi connectivity index (χ0v) is 17.4. The molecule has 1 aliphatic rings. The first-order valence-electron chi connectivity index (χ1n) is 9.64. The van der Waals surface area contributed by atoms with E-state index in [1.807, 2.05) is 0 Å². The summed E-state index contributed by atoms with van der Waals surface area (Å²) < 4.78 is 9.37. The molecule has 0 bridgehead atoms. The summed E-state index contributed by atoms with van der Waals surface area (Å²) in [7, 11) is 2.43. The van der Waals surface area contributed by atoms with Crippen molar-refractivity contribution in [1.82, 2.24) is 10.2 Å². The van der Waals surface area contributed by atoms with Gasteiger partial charge in [-0.2, -0.15) is 5.26 Å². The summed E-state index contributed by atoms with van der Waals surface area (Å²) in [6.45, 7) is 1.58. The molecule has 0 spiro atoms. The molecule has 1 heterocycles. The lowest BCUT2D eigenvalue weighted by Crippen LogP contribution is -2.31. The molecule has 1 aromatic rings. The molecule has 1 aliphatic heterocycles. The number of likely N-dealkylation sites (tertiary alicyclic amines) is 1. The number of nitriles is 1. The van der Waals surface area contributed by atoms with Crippen LogP contribution in [0.4, 0.5) is 5.69 Å². The molecule has 1 saturated heterocycles. The zero-order chi connectivity index (χ0) is 22.8. The number of carbonyl (C=O) groups excluding carboxylic acids is 4. The number of hydrogen-bond acceptors (Lipinski definition) is 8. The van der Waals surface area contributed by atoms with Gasteiger partial charge in [-0.1, -0.05) is 0 Å². The highest BCUT2D eigenvalue weighted by atomic mass is 16.5. The predicted octanol–water partition coefficient (Wildman–Crippen LogP) is 1.21. The molecule has 2 rings (SSSR count). The van der Waals surface area contributed by atoms with Crippen LogP contribution >= 0.6 is 0 Å². The van der Waals surface area contributed by atoms with Gasteiger partial charge in [0.15, 0.2) is 0 Å². The molecule has 0 saturated carbocycles. The summed E-state index contributed by atoms with van der Waals surface area (Å²) in [6, 6.07) is 5.92. The molecule has 0 aliphatic carbocycles. The number of rotatable bonds is 9. The Morgan fingerprint density at radius 2 is 1.97 bits per heavy atom. The highest BCUT2D eigenvalue weighted by Gasteiger charge is 2.19. The second-order valence-electron chi connectivity index (χ2n) is 6.65. The summed E-state index contributed by atoms with van der Waals surface area (Å²) in [4.78, 5) is 49.3. The normalized spacial score (nSPS) is 13.4. The average molecular weight is 428 g/mol. The summed E-state index contributed by atoms with van der Waals surface area (Å²) in [5, 5.41) is 14.6. The van der Waals surface area contributed by atoms with Crippen LogP contribution in [-0.4, -0.2) is 62.5 Å². The van der Waals surface area contributed by atoms with Gasteiger partial charge in [0.25, 0.3) is 5.91 Å². The molecule has 164 valence electrons. The highest BCUT2D eigenvalue weighted by Crippen LogP contribution is 2.20. The SMILES string of the molecule is COC(=O)c1ccc(C(=O)OC)c(N/C=C(/C#N)C(=O)NCCCN2CCCC2=O)c1. The van der Waals surface area contributed by atoms with Crippen molar-refractivity contribution in [3.63, 3.8) is 0 Å². The van der Waals surface area contributed by atoms with Gasteiger partial charge in [0.05, 0.1) is 31.0 Å². The van der Waals surface area contributed by atoms with E-state index in [4.69, 9.17) is 4.74 Å². The Kier molecular flexibility index (Phi) is 8.57. The standard InChI is InChI=1S/C21H24N4O6/c1-30-20(28)14-6-7-16(21(29)31-2)17(11-14)24-13-15(12-22)19(27)23-8-4-10-25-9-3-5-18(25)26/h6-7,11,13,24H,3-5,8-10H2,1-2H3,(H,23,27)/b15-13-. The molecular weight excluding hydrogens is 404 g/mol. The van der Waals surface area contributed by atoms with E-state index in [9.17, 15) is 24.4 Å². The fraction of sp³-hybridized carbons (Fsp3) is 0.381. The van der Waals surface area contributed by atoms with Crippen molar-refractivity contribution in [3.05, 3.63) is 41.1 Å². The zero-order valence-electron chi connectivity index (χ0n) is 17.4.